The lowest BCUT2D eigenvalue weighted by Crippen LogP contribution is -2.39. The van der Waals surface area contributed by atoms with Crippen molar-refractivity contribution in [1.82, 2.24) is 0 Å². The number of carbonyl (C=O) groups excluding carboxylic acids is 1. The lowest BCUT2D eigenvalue weighted by atomic mass is 9.99. The zero-order valence-corrected chi connectivity index (χ0v) is 18.6. The number of carboxylic acids is 1. The minimum atomic E-state index is -0.991. The van der Waals surface area contributed by atoms with E-state index in [1.165, 1.54) is 0 Å². The number of hydrogen-bond donors (Lipinski definition) is 1. The molecule has 0 aromatic heterocycles. The number of fused-ring (bicyclic) bond motifs is 1. The number of nitrogens with zero attached hydrogens (tertiary/aromatic N) is 1. The van der Waals surface area contributed by atoms with Crippen LogP contribution in [0.3, 0.4) is 0 Å². The molecule has 0 radical (unpaired) electrons. The maximum absolute atomic E-state index is 13.6. The number of anilines is 1. The van der Waals surface area contributed by atoms with E-state index in [0.29, 0.717) is 33.4 Å². The molecule has 5 nitrogen and oxygen atoms in total. The Kier molecular flexibility index (Phi) is 6.80. The van der Waals surface area contributed by atoms with Crippen LogP contribution in [0.5, 0.6) is 0 Å². The molecule has 1 aliphatic heterocycles. The molecular weight excluding hydrogens is 449 g/mol. The SMILES string of the molecule is O=C(O)CC[C@@H]1O[C@@H](c2ccccc2Cl)c2cc(Cl)ccc2N(Cc2ccccc2)C1=O. The highest BCUT2D eigenvalue weighted by Gasteiger charge is 2.37. The standard InChI is InChI=1S/C25H21Cl2NO4/c26-17-10-11-21-19(14-17)24(18-8-4-5-9-20(18)27)32-22(12-13-23(29)30)25(31)28(21)15-16-6-2-1-3-7-16/h1-11,14,22,24H,12-13,15H2,(H,29,30)/t22-,24-/m0/s1. The fraction of sp³-hybridized carbons (Fsp3) is 0.200. The number of amides is 1. The quantitative estimate of drug-likeness (QED) is 0.489. The van der Waals surface area contributed by atoms with Crippen molar-refractivity contribution >= 4 is 40.8 Å². The first kappa shape index (κ1) is 22.3. The van der Waals surface area contributed by atoms with E-state index in [9.17, 15) is 14.7 Å². The van der Waals surface area contributed by atoms with Crippen molar-refractivity contribution in [2.45, 2.75) is 31.6 Å². The second-order valence-corrected chi connectivity index (χ2v) is 8.42. The molecule has 0 aliphatic carbocycles. The van der Waals surface area contributed by atoms with E-state index in [-0.39, 0.29) is 18.7 Å². The predicted molar refractivity (Wildman–Crippen MR) is 124 cm³/mol. The van der Waals surface area contributed by atoms with E-state index in [2.05, 4.69) is 0 Å². The molecular formula is C25H21Cl2NO4. The maximum Gasteiger partial charge on any atom is 0.303 e. The van der Waals surface area contributed by atoms with Gasteiger partial charge in [0, 0.05) is 27.6 Å². The molecule has 0 unspecified atom stereocenters. The van der Waals surface area contributed by atoms with E-state index in [1.54, 1.807) is 29.2 Å². The Labute approximate surface area is 196 Å². The third kappa shape index (κ3) is 4.80. The monoisotopic (exact) mass is 469 g/mol. The van der Waals surface area contributed by atoms with Gasteiger partial charge in [-0.05, 0) is 36.2 Å². The molecule has 0 spiro atoms. The number of carboxylic acid groups (broad SMARTS) is 1. The Balaban J connectivity index is 1.85. The number of benzene rings is 3. The van der Waals surface area contributed by atoms with Crippen LogP contribution in [-0.4, -0.2) is 23.1 Å². The molecule has 7 heteroatoms. The molecule has 32 heavy (non-hydrogen) atoms. The summed E-state index contributed by atoms with van der Waals surface area (Å²) in [4.78, 5) is 26.5. The third-order valence-electron chi connectivity index (χ3n) is 5.40. The number of carbonyl (C=O) groups is 2. The maximum atomic E-state index is 13.6. The van der Waals surface area contributed by atoms with Gasteiger partial charge in [0.2, 0.25) is 0 Å². The Hall–Kier alpha value is -2.86. The molecule has 0 saturated heterocycles. The Morgan fingerprint density at radius 3 is 2.41 bits per heavy atom. The van der Waals surface area contributed by atoms with Gasteiger partial charge in [-0.2, -0.15) is 0 Å². The summed E-state index contributed by atoms with van der Waals surface area (Å²) in [6, 6.07) is 22.2. The predicted octanol–water partition coefficient (Wildman–Crippen LogP) is 5.88. The van der Waals surface area contributed by atoms with E-state index in [1.807, 2.05) is 48.5 Å². The van der Waals surface area contributed by atoms with Crippen LogP contribution in [0.2, 0.25) is 10.0 Å². The highest BCUT2D eigenvalue weighted by Crippen LogP contribution is 2.42. The van der Waals surface area contributed by atoms with Gasteiger partial charge in [0.25, 0.3) is 5.91 Å². The van der Waals surface area contributed by atoms with Gasteiger partial charge in [-0.25, -0.2) is 0 Å². The van der Waals surface area contributed by atoms with Gasteiger partial charge in [-0.3, -0.25) is 9.59 Å². The number of aliphatic carboxylic acids is 1. The fourth-order valence-corrected chi connectivity index (χ4v) is 4.29. The summed E-state index contributed by atoms with van der Waals surface area (Å²) < 4.78 is 6.29. The smallest absolute Gasteiger partial charge is 0.303 e. The molecule has 3 aromatic rings. The fourth-order valence-electron chi connectivity index (χ4n) is 3.87. The highest BCUT2D eigenvalue weighted by atomic mass is 35.5. The Morgan fingerprint density at radius 1 is 0.969 bits per heavy atom. The van der Waals surface area contributed by atoms with Crippen molar-refractivity contribution in [3.05, 3.63) is 99.5 Å². The van der Waals surface area contributed by atoms with Crippen LogP contribution in [0.25, 0.3) is 0 Å². The van der Waals surface area contributed by atoms with Gasteiger partial charge in [0.1, 0.15) is 12.2 Å². The second-order valence-electron chi connectivity index (χ2n) is 7.57. The molecule has 0 saturated carbocycles. The summed E-state index contributed by atoms with van der Waals surface area (Å²) in [6.45, 7) is 0.316. The normalized spacial score (nSPS) is 18.2. The summed E-state index contributed by atoms with van der Waals surface area (Å²) in [7, 11) is 0. The zero-order valence-electron chi connectivity index (χ0n) is 17.1. The number of halogens is 2. The minimum Gasteiger partial charge on any atom is -0.481 e. The van der Waals surface area contributed by atoms with Gasteiger partial charge in [-0.15, -0.1) is 0 Å². The summed E-state index contributed by atoms with van der Waals surface area (Å²) in [5.74, 6) is -1.29. The number of hydrogen-bond acceptors (Lipinski definition) is 3. The minimum absolute atomic E-state index is 0.0438. The summed E-state index contributed by atoms with van der Waals surface area (Å²) in [5.41, 5.74) is 2.99. The number of ether oxygens (including phenoxy) is 1. The number of rotatable bonds is 6. The molecule has 1 heterocycles. The van der Waals surface area contributed by atoms with Crippen molar-refractivity contribution in [3.8, 4) is 0 Å². The highest BCUT2D eigenvalue weighted by molar-refractivity contribution is 6.31. The second kappa shape index (κ2) is 9.74. The van der Waals surface area contributed by atoms with E-state index in [4.69, 9.17) is 27.9 Å². The first-order chi connectivity index (χ1) is 15.4. The lowest BCUT2D eigenvalue weighted by molar-refractivity contribution is -0.139. The van der Waals surface area contributed by atoms with Crippen LogP contribution >= 0.6 is 23.2 Å². The van der Waals surface area contributed by atoms with E-state index >= 15 is 0 Å². The van der Waals surface area contributed by atoms with Crippen LogP contribution in [0, 0.1) is 0 Å². The van der Waals surface area contributed by atoms with Crippen molar-refractivity contribution in [1.29, 1.82) is 0 Å². The molecule has 3 aromatic carbocycles. The molecule has 2 atom stereocenters. The van der Waals surface area contributed by atoms with Crippen molar-refractivity contribution in [2.75, 3.05) is 4.90 Å². The van der Waals surface area contributed by atoms with Crippen molar-refractivity contribution < 1.29 is 19.4 Å². The van der Waals surface area contributed by atoms with Crippen LogP contribution in [0.15, 0.2) is 72.8 Å². The van der Waals surface area contributed by atoms with Crippen LogP contribution in [-0.2, 0) is 20.9 Å². The van der Waals surface area contributed by atoms with Crippen molar-refractivity contribution in [2.24, 2.45) is 0 Å². The molecule has 1 amide bonds. The molecule has 164 valence electrons. The van der Waals surface area contributed by atoms with Gasteiger partial charge in [-0.1, -0.05) is 71.7 Å². The Bertz CT molecular complexity index is 1140. The molecule has 1 N–H and O–H groups in total. The largest absolute Gasteiger partial charge is 0.481 e. The van der Waals surface area contributed by atoms with Crippen LogP contribution in [0.1, 0.15) is 35.6 Å². The molecule has 0 fully saturated rings. The van der Waals surface area contributed by atoms with E-state index in [0.717, 1.165) is 5.56 Å². The van der Waals surface area contributed by atoms with Crippen molar-refractivity contribution in [3.63, 3.8) is 0 Å². The average molecular weight is 470 g/mol. The van der Waals surface area contributed by atoms with Gasteiger partial charge in [0.05, 0.1) is 12.2 Å². The average Bonchev–Trinajstić information content (AvgIpc) is 2.89. The topological polar surface area (TPSA) is 66.8 Å². The van der Waals surface area contributed by atoms with Gasteiger partial charge < -0.3 is 14.7 Å². The van der Waals surface area contributed by atoms with Gasteiger partial charge >= 0.3 is 5.97 Å². The van der Waals surface area contributed by atoms with E-state index < -0.39 is 18.2 Å². The summed E-state index contributed by atoms with van der Waals surface area (Å²) >= 11 is 12.8. The molecule has 0 bridgehead atoms. The zero-order chi connectivity index (χ0) is 22.7. The van der Waals surface area contributed by atoms with Gasteiger partial charge in [0.15, 0.2) is 0 Å². The molecule has 1 aliphatic rings. The van der Waals surface area contributed by atoms with Crippen LogP contribution in [0.4, 0.5) is 5.69 Å². The third-order valence-corrected chi connectivity index (χ3v) is 5.98. The summed E-state index contributed by atoms with van der Waals surface area (Å²) in [6.07, 6.45) is -1.78. The first-order valence-electron chi connectivity index (χ1n) is 10.2. The van der Waals surface area contributed by atoms with Crippen LogP contribution < -0.4 is 4.90 Å². The molecule has 4 rings (SSSR count). The lowest BCUT2D eigenvalue weighted by Gasteiger charge is -2.25. The first-order valence-corrected chi connectivity index (χ1v) is 11.0. The summed E-state index contributed by atoms with van der Waals surface area (Å²) in [5, 5.41) is 10.2. The Morgan fingerprint density at radius 2 is 1.69 bits per heavy atom.